The molecule has 3 aromatic rings. The van der Waals surface area contributed by atoms with E-state index in [-0.39, 0.29) is 30.3 Å². The number of Topliss-reactive ketones (excluding diaryl/α,β-unsaturated/α-hetero) is 1. The van der Waals surface area contributed by atoms with Gasteiger partial charge in [0.15, 0.2) is 11.9 Å². The number of esters is 1. The molecule has 1 heterocycles. The number of hydrazine groups is 1. The zero-order chi connectivity index (χ0) is 29.2. The SMILES string of the molecule is CCOC(=O)OCOC(=O)[C@H](O)CN(Cc1ccc(-c2cc(Cl)ccc2F)cc1)NC(=O)c1cc(C(C)=O)n[nH]1. The number of benzene rings is 2. The normalized spacial score (nSPS) is 11.6. The number of H-pyrrole nitrogens is 1. The molecule has 2 aromatic carbocycles. The highest BCUT2D eigenvalue weighted by Gasteiger charge is 2.24. The number of hydrogen-bond acceptors (Lipinski definition) is 10. The summed E-state index contributed by atoms with van der Waals surface area (Å²) in [6.07, 6.45) is -2.82. The van der Waals surface area contributed by atoms with Crippen LogP contribution in [0.2, 0.25) is 5.02 Å². The molecule has 1 amide bonds. The van der Waals surface area contributed by atoms with Crippen LogP contribution in [0.3, 0.4) is 0 Å². The van der Waals surface area contributed by atoms with E-state index < -0.39 is 43.3 Å². The first-order valence-electron chi connectivity index (χ1n) is 11.9. The van der Waals surface area contributed by atoms with E-state index in [0.29, 0.717) is 21.7 Å². The zero-order valence-electron chi connectivity index (χ0n) is 21.5. The zero-order valence-corrected chi connectivity index (χ0v) is 22.2. The van der Waals surface area contributed by atoms with Crippen molar-refractivity contribution in [2.24, 2.45) is 0 Å². The third-order valence-electron chi connectivity index (χ3n) is 5.32. The largest absolute Gasteiger partial charge is 0.511 e. The minimum absolute atomic E-state index is 0.0125. The molecule has 14 heteroatoms. The molecule has 3 N–H and O–H groups in total. The predicted octanol–water partition coefficient (Wildman–Crippen LogP) is 3.25. The van der Waals surface area contributed by atoms with E-state index in [2.05, 4.69) is 25.1 Å². The fraction of sp³-hybridized carbons (Fsp3) is 0.269. The van der Waals surface area contributed by atoms with E-state index in [4.69, 9.17) is 16.3 Å². The number of ether oxygens (including phenoxy) is 3. The smallest absolute Gasteiger partial charge is 0.435 e. The van der Waals surface area contributed by atoms with Crippen molar-refractivity contribution in [1.29, 1.82) is 0 Å². The Bertz CT molecular complexity index is 1360. The number of aliphatic hydroxyl groups excluding tert-OH is 1. The van der Waals surface area contributed by atoms with Gasteiger partial charge in [-0.25, -0.2) is 19.0 Å². The van der Waals surface area contributed by atoms with Crippen molar-refractivity contribution in [2.45, 2.75) is 26.5 Å². The number of carbonyl (C=O) groups is 4. The second kappa shape index (κ2) is 14.2. The van der Waals surface area contributed by atoms with E-state index in [1.165, 1.54) is 36.2 Å². The van der Waals surface area contributed by atoms with Crippen LogP contribution in [0.4, 0.5) is 9.18 Å². The molecule has 212 valence electrons. The molecule has 3 rings (SSSR count). The highest BCUT2D eigenvalue weighted by molar-refractivity contribution is 6.30. The van der Waals surface area contributed by atoms with Gasteiger partial charge in [0.1, 0.15) is 17.2 Å². The highest BCUT2D eigenvalue weighted by Crippen LogP contribution is 2.26. The number of nitrogens with one attached hydrogen (secondary N) is 2. The Morgan fingerprint density at radius 1 is 1.10 bits per heavy atom. The molecular weight excluding hydrogens is 551 g/mol. The van der Waals surface area contributed by atoms with Gasteiger partial charge in [-0.15, -0.1) is 0 Å². The molecule has 1 aromatic heterocycles. The molecule has 0 bridgehead atoms. The number of halogens is 2. The number of carbonyl (C=O) groups excluding carboxylic acids is 4. The Hall–Kier alpha value is -4.33. The van der Waals surface area contributed by atoms with Gasteiger partial charge in [0.25, 0.3) is 5.91 Å². The Morgan fingerprint density at radius 2 is 1.82 bits per heavy atom. The van der Waals surface area contributed by atoms with E-state index >= 15 is 0 Å². The van der Waals surface area contributed by atoms with Gasteiger partial charge >= 0.3 is 12.1 Å². The predicted molar refractivity (Wildman–Crippen MR) is 138 cm³/mol. The van der Waals surface area contributed by atoms with Crippen LogP contribution in [0.1, 0.15) is 40.4 Å². The van der Waals surface area contributed by atoms with E-state index in [0.717, 1.165) is 0 Å². The van der Waals surface area contributed by atoms with Crippen LogP contribution in [0, 0.1) is 5.82 Å². The molecule has 0 aliphatic heterocycles. The lowest BCUT2D eigenvalue weighted by molar-refractivity contribution is -0.164. The summed E-state index contributed by atoms with van der Waals surface area (Å²) < 4.78 is 28.1. The fourth-order valence-electron chi connectivity index (χ4n) is 3.38. The van der Waals surface area contributed by atoms with Gasteiger partial charge in [-0.05, 0) is 42.3 Å². The summed E-state index contributed by atoms with van der Waals surface area (Å²) in [5, 5.41) is 18.2. The first kappa shape index (κ1) is 30.2. The third-order valence-corrected chi connectivity index (χ3v) is 5.55. The number of aromatic nitrogens is 2. The Balaban J connectivity index is 1.73. The molecule has 1 atom stereocenters. The number of nitrogens with zero attached hydrogens (tertiary/aromatic N) is 2. The van der Waals surface area contributed by atoms with E-state index in [1.807, 2.05) is 0 Å². The molecule has 12 nitrogen and oxygen atoms in total. The van der Waals surface area contributed by atoms with Crippen LogP contribution in [-0.4, -0.2) is 70.2 Å². The van der Waals surface area contributed by atoms with Crippen LogP contribution in [0.5, 0.6) is 0 Å². The Kier molecular flexibility index (Phi) is 10.7. The maximum absolute atomic E-state index is 14.3. The van der Waals surface area contributed by atoms with Crippen molar-refractivity contribution in [3.8, 4) is 11.1 Å². The second-order valence-corrected chi connectivity index (χ2v) is 8.73. The lowest BCUT2D eigenvalue weighted by Crippen LogP contribution is -2.47. The van der Waals surface area contributed by atoms with Crippen molar-refractivity contribution in [2.75, 3.05) is 19.9 Å². The van der Waals surface area contributed by atoms with Gasteiger partial charge in [-0.3, -0.25) is 20.1 Å². The van der Waals surface area contributed by atoms with E-state index in [9.17, 15) is 28.7 Å². The van der Waals surface area contributed by atoms with Crippen molar-refractivity contribution >= 4 is 35.4 Å². The lowest BCUT2D eigenvalue weighted by atomic mass is 10.0. The summed E-state index contributed by atoms with van der Waals surface area (Å²) in [7, 11) is 0. The standard InChI is InChI=1S/C26H26ClFN4O8/c1-3-38-26(37)40-14-39-25(36)23(34)13-32(31-24(35)22-11-21(15(2)33)29-30-22)12-16-4-6-17(7-5-16)19-10-18(27)8-9-20(19)28/h4-11,23,34H,3,12-14H2,1-2H3,(H,29,30)(H,31,35)/t23-/m1/s1. The topological polar surface area (TPSA) is 160 Å². The van der Waals surface area contributed by atoms with Crippen LogP contribution in [-0.2, 0) is 25.5 Å². The van der Waals surface area contributed by atoms with Crippen LogP contribution >= 0.6 is 11.6 Å². The average Bonchev–Trinajstić information content (AvgIpc) is 3.42. The Morgan fingerprint density at radius 3 is 2.48 bits per heavy atom. The maximum Gasteiger partial charge on any atom is 0.511 e. The van der Waals surface area contributed by atoms with E-state index in [1.54, 1.807) is 31.2 Å². The number of ketones is 1. The molecule has 0 saturated carbocycles. The van der Waals surface area contributed by atoms with Crippen molar-refractivity contribution in [3.05, 3.63) is 76.3 Å². The van der Waals surface area contributed by atoms with Crippen molar-refractivity contribution in [3.63, 3.8) is 0 Å². The molecule has 0 spiro atoms. The maximum atomic E-state index is 14.3. The molecule has 0 fully saturated rings. The summed E-state index contributed by atoms with van der Waals surface area (Å²) in [5.74, 6) is -2.64. The number of aliphatic hydroxyl groups is 1. The number of rotatable bonds is 12. The summed E-state index contributed by atoms with van der Waals surface area (Å²) >= 11 is 5.99. The summed E-state index contributed by atoms with van der Waals surface area (Å²) in [6.45, 7) is 1.67. The number of aromatic amines is 1. The van der Waals surface area contributed by atoms with Gasteiger partial charge in [0, 0.05) is 24.1 Å². The first-order chi connectivity index (χ1) is 19.1. The summed E-state index contributed by atoms with van der Waals surface area (Å²) in [6, 6.07) is 12.1. The van der Waals surface area contributed by atoms with Gasteiger partial charge < -0.3 is 19.3 Å². The number of amides is 1. The molecule has 40 heavy (non-hydrogen) atoms. The highest BCUT2D eigenvalue weighted by atomic mass is 35.5. The van der Waals surface area contributed by atoms with Gasteiger partial charge in [-0.1, -0.05) is 35.9 Å². The molecule has 0 aliphatic carbocycles. The second-order valence-electron chi connectivity index (χ2n) is 8.29. The van der Waals surface area contributed by atoms with Gasteiger partial charge in [0.05, 0.1) is 13.2 Å². The minimum Gasteiger partial charge on any atom is -0.435 e. The lowest BCUT2D eigenvalue weighted by Gasteiger charge is -2.25. The monoisotopic (exact) mass is 576 g/mol. The summed E-state index contributed by atoms with van der Waals surface area (Å²) in [4.78, 5) is 47.7. The first-order valence-corrected chi connectivity index (χ1v) is 12.3. The van der Waals surface area contributed by atoms with Crippen LogP contribution in [0.25, 0.3) is 11.1 Å². The molecule has 0 aliphatic rings. The molecular formula is C26H26ClFN4O8. The minimum atomic E-state index is -1.76. The molecule has 0 saturated heterocycles. The average molecular weight is 577 g/mol. The summed E-state index contributed by atoms with van der Waals surface area (Å²) in [5.41, 5.74) is 4.01. The molecule has 0 radical (unpaired) electrons. The van der Waals surface area contributed by atoms with Gasteiger partial charge in [-0.2, -0.15) is 5.10 Å². The van der Waals surface area contributed by atoms with Crippen LogP contribution < -0.4 is 5.43 Å². The van der Waals surface area contributed by atoms with Crippen molar-refractivity contribution in [1.82, 2.24) is 20.6 Å². The third kappa shape index (κ3) is 8.59. The fourth-order valence-corrected chi connectivity index (χ4v) is 3.55. The van der Waals surface area contributed by atoms with Crippen molar-refractivity contribution < 1.29 is 42.9 Å². The van der Waals surface area contributed by atoms with Crippen LogP contribution in [0.15, 0.2) is 48.5 Å². The Labute approximate surface area is 232 Å². The van der Waals surface area contributed by atoms with Gasteiger partial charge in [0.2, 0.25) is 6.79 Å². The quantitative estimate of drug-likeness (QED) is 0.126. The molecule has 0 unspecified atom stereocenters. The number of hydrogen-bond donors (Lipinski definition) is 3.